The number of benzene rings is 1. The van der Waals surface area contributed by atoms with Crippen LogP contribution >= 0.6 is 11.8 Å². The van der Waals surface area contributed by atoms with Crippen LogP contribution in [0.5, 0.6) is 0 Å². The molecule has 0 unspecified atom stereocenters. The van der Waals surface area contributed by atoms with E-state index in [0.717, 1.165) is 41.8 Å². The molecule has 100 valence electrons. The van der Waals surface area contributed by atoms with E-state index < -0.39 is 0 Å². The van der Waals surface area contributed by atoms with Crippen LogP contribution in [-0.4, -0.2) is 22.3 Å². The number of thioether (sulfide) groups is 1. The van der Waals surface area contributed by atoms with Gasteiger partial charge in [-0.25, -0.2) is 0 Å². The molecular formula is C15H18N2OS. The first-order chi connectivity index (χ1) is 9.30. The van der Waals surface area contributed by atoms with Gasteiger partial charge in [0.15, 0.2) is 6.29 Å². The van der Waals surface area contributed by atoms with Gasteiger partial charge in [0.2, 0.25) is 0 Å². The van der Waals surface area contributed by atoms with Crippen LogP contribution in [0.4, 0.5) is 0 Å². The average molecular weight is 274 g/mol. The summed E-state index contributed by atoms with van der Waals surface area (Å²) in [6.45, 7) is 3.01. The second-order valence-electron chi connectivity index (χ2n) is 4.37. The van der Waals surface area contributed by atoms with Gasteiger partial charge in [0.1, 0.15) is 5.69 Å². The number of carbonyl (C=O) groups excluding carboxylic acids is 1. The van der Waals surface area contributed by atoms with Gasteiger partial charge in [0, 0.05) is 23.2 Å². The third-order valence-corrected chi connectivity index (χ3v) is 3.82. The molecule has 1 heterocycles. The minimum absolute atomic E-state index is 0.664. The van der Waals surface area contributed by atoms with Gasteiger partial charge in [-0.1, -0.05) is 31.5 Å². The van der Waals surface area contributed by atoms with Crippen molar-refractivity contribution in [3.63, 3.8) is 0 Å². The van der Waals surface area contributed by atoms with E-state index >= 15 is 0 Å². The molecule has 0 aliphatic rings. The molecule has 4 heteroatoms. The van der Waals surface area contributed by atoms with Gasteiger partial charge in [-0.2, -0.15) is 5.10 Å². The predicted octanol–water partition coefficient (Wildman–Crippen LogP) is 3.88. The Morgan fingerprint density at radius 1 is 1.37 bits per heavy atom. The second-order valence-corrected chi connectivity index (χ2v) is 5.22. The van der Waals surface area contributed by atoms with Crippen molar-refractivity contribution >= 4 is 18.0 Å². The van der Waals surface area contributed by atoms with Crippen LogP contribution < -0.4 is 0 Å². The first-order valence-electron chi connectivity index (χ1n) is 6.46. The van der Waals surface area contributed by atoms with E-state index in [0.29, 0.717) is 5.56 Å². The number of unbranched alkanes of at least 4 members (excludes halogenated alkanes) is 1. The summed E-state index contributed by atoms with van der Waals surface area (Å²) in [5, 5.41) is 4.57. The van der Waals surface area contributed by atoms with Gasteiger partial charge in [-0.15, -0.1) is 11.8 Å². The van der Waals surface area contributed by atoms with Crippen LogP contribution in [0.2, 0.25) is 0 Å². The molecule has 0 spiro atoms. The third-order valence-electron chi connectivity index (χ3n) is 3.02. The summed E-state index contributed by atoms with van der Waals surface area (Å²) in [5.74, 6) is 0. The van der Waals surface area contributed by atoms with E-state index in [1.54, 1.807) is 11.8 Å². The predicted molar refractivity (Wildman–Crippen MR) is 79.7 cm³/mol. The van der Waals surface area contributed by atoms with E-state index in [1.165, 1.54) is 0 Å². The highest BCUT2D eigenvalue weighted by Gasteiger charge is 2.13. The van der Waals surface area contributed by atoms with Crippen LogP contribution in [0.3, 0.4) is 0 Å². The van der Waals surface area contributed by atoms with Crippen LogP contribution in [-0.2, 0) is 6.54 Å². The van der Waals surface area contributed by atoms with E-state index in [4.69, 9.17) is 0 Å². The first kappa shape index (κ1) is 13.9. The van der Waals surface area contributed by atoms with Crippen molar-refractivity contribution in [2.24, 2.45) is 0 Å². The van der Waals surface area contributed by atoms with Crippen molar-refractivity contribution in [1.82, 2.24) is 9.78 Å². The quantitative estimate of drug-likeness (QED) is 0.592. The van der Waals surface area contributed by atoms with E-state index in [1.807, 2.05) is 35.3 Å². The minimum atomic E-state index is 0.664. The Labute approximate surface area is 118 Å². The Hall–Kier alpha value is -1.55. The molecule has 2 aromatic rings. The molecule has 0 atom stereocenters. The van der Waals surface area contributed by atoms with Gasteiger partial charge in [0.05, 0.1) is 5.56 Å². The van der Waals surface area contributed by atoms with Crippen LogP contribution in [0.1, 0.15) is 30.1 Å². The number of aryl methyl sites for hydroxylation is 1. The molecule has 0 amide bonds. The summed E-state index contributed by atoms with van der Waals surface area (Å²) in [6.07, 6.45) is 6.96. The first-order valence-corrected chi connectivity index (χ1v) is 7.68. The standard InChI is InChI=1S/C15H18N2OS/c1-3-4-9-17-10-12(11-18)15(16-17)13-7-5-6-8-14(13)19-2/h5-8,10-11H,3-4,9H2,1-2H3. The molecule has 0 fully saturated rings. The van der Waals surface area contributed by atoms with Crippen molar-refractivity contribution < 1.29 is 4.79 Å². The maximum atomic E-state index is 11.2. The summed E-state index contributed by atoms with van der Waals surface area (Å²) in [5.41, 5.74) is 2.49. The van der Waals surface area contributed by atoms with Gasteiger partial charge in [-0.3, -0.25) is 9.48 Å². The lowest BCUT2D eigenvalue weighted by Crippen LogP contribution is -1.98. The van der Waals surface area contributed by atoms with Gasteiger partial charge in [0.25, 0.3) is 0 Å². The fourth-order valence-electron chi connectivity index (χ4n) is 2.01. The lowest BCUT2D eigenvalue weighted by molar-refractivity contribution is 0.112. The summed E-state index contributed by atoms with van der Waals surface area (Å²) >= 11 is 1.67. The zero-order valence-electron chi connectivity index (χ0n) is 11.3. The molecule has 2 rings (SSSR count). The SMILES string of the molecule is CCCCn1cc(C=O)c(-c2ccccc2SC)n1. The fourth-order valence-corrected chi connectivity index (χ4v) is 2.61. The Bertz CT molecular complexity index is 563. The zero-order valence-corrected chi connectivity index (χ0v) is 12.1. The lowest BCUT2D eigenvalue weighted by Gasteiger charge is -2.04. The second kappa shape index (κ2) is 6.57. The number of hydrogen-bond acceptors (Lipinski definition) is 3. The minimum Gasteiger partial charge on any atom is -0.298 e. The molecule has 0 saturated heterocycles. The van der Waals surface area contributed by atoms with Crippen molar-refractivity contribution in [3.8, 4) is 11.3 Å². The third kappa shape index (κ3) is 3.07. The van der Waals surface area contributed by atoms with Crippen LogP contribution in [0, 0.1) is 0 Å². The highest BCUT2D eigenvalue weighted by molar-refractivity contribution is 7.98. The Balaban J connectivity index is 2.42. The number of nitrogens with zero attached hydrogens (tertiary/aromatic N) is 2. The van der Waals surface area contributed by atoms with E-state index in [9.17, 15) is 4.79 Å². The molecule has 0 N–H and O–H groups in total. The average Bonchev–Trinajstić information content (AvgIpc) is 2.88. The zero-order chi connectivity index (χ0) is 13.7. The molecular weight excluding hydrogens is 256 g/mol. The molecule has 0 bridgehead atoms. The largest absolute Gasteiger partial charge is 0.298 e. The van der Waals surface area contributed by atoms with Crippen molar-refractivity contribution in [2.45, 2.75) is 31.2 Å². The lowest BCUT2D eigenvalue weighted by atomic mass is 10.1. The highest BCUT2D eigenvalue weighted by atomic mass is 32.2. The summed E-state index contributed by atoms with van der Waals surface area (Å²) in [6, 6.07) is 8.06. The molecule has 1 aromatic heterocycles. The molecule has 0 aliphatic heterocycles. The normalized spacial score (nSPS) is 10.6. The molecule has 0 aliphatic carbocycles. The van der Waals surface area contributed by atoms with Crippen molar-refractivity contribution in [3.05, 3.63) is 36.0 Å². The Kier molecular flexibility index (Phi) is 4.80. The number of hydrogen-bond donors (Lipinski definition) is 0. The van der Waals surface area contributed by atoms with E-state index in [2.05, 4.69) is 18.1 Å². The van der Waals surface area contributed by atoms with Crippen molar-refractivity contribution in [2.75, 3.05) is 6.26 Å². The molecule has 19 heavy (non-hydrogen) atoms. The maximum absolute atomic E-state index is 11.2. The van der Waals surface area contributed by atoms with Gasteiger partial charge in [-0.05, 0) is 18.7 Å². The molecule has 1 aromatic carbocycles. The number of rotatable bonds is 6. The Morgan fingerprint density at radius 2 is 2.16 bits per heavy atom. The molecule has 0 radical (unpaired) electrons. The molecule has 0 saturated carbocycles. The van der Waals surface area contributed by atoms with Crippen LogP contribution in [0.25, 0.3) is 11.3 Å². The number of carbonyl (C=O) groups is 1. The summed E-state index contributed by atoms with van der Waals surface area (Å²) < 4.78 is 1.87. The van der Waals surface area contributed by atoms with Gasteiger partial charge < -0.3 is 0 Å². The number of aromatic nitrogens is 2. The Morgan fingerprint density at radius 3 is 2.84 bits per heavy atom. The fraction of sp³-hybridized carbons (Fsp3) is 0.333. The summed E-state index contributed by atoms with van der Waals surface area (Å²) in [7, 11) is 0. The van der Waals surface area contributed by atoms with Crippen LogP contribution in [0.15, 0.2) is 35.4 Å². The van der Waals surface area contributed by atoms with Crippen molar-refractivity contribution in [1.29, 1.82) is 0 Å². The summed E-state index contributed by atoms with van der Waals surface area (Å²) in [4.78, 5) is 12.4. The number of aldehydes is 1. The highest BCUT2D eigenvalue weighted by Crippen LogP contribution is 2.30. The van der Waals surface area contributed by atoms with E-state index in [-0.39, 0.29) is 0 Å². The smallest absolute Gasteiger partial charge is 0.153 e. The molecule has 3 nitrogen and oxygen atoms in total. The maximum Gasteiger partial charge on any atom is 0.153 e. The topological polar surface area (TPSA) is 34.9 Å². The monoisotopic (exact) mass is 274 g/mol. The van der Waals surface area contributed by atoms with Gasteiger partial charge >= 0.3 is 0 Å².